The lowest BCUT2D eigenvalue weighted by atomic mass is 10.0. The SMILES string of the molecule is [C-]#[N+]C[C@H]1CN(c2nc(OCC3CN(C)CCO3)nc3c2CCN(c2cccc4cccc(Cl)c24)C3)CCN1C(=O)C(=C)F. The molecule has 6 rings (SSSR count). The van der Waals surface area contributed by atoms with Crippen LogP contribution in [0.3, 0.4) is 0 Å². The topological polar surface area (TPSA) is 78.6 Å². The van der Waals surface area contributed by atoms with Gasteiger partial charge in [0.2, 0.25) is 6.54 Å². The van der Waals surface area contributed by atoms with E-state index in [2.05, 4.69) is 51.4 Å². The van der Waals surface area contributed by atoms with E-state index in [9.17, 15) is 9.18 Å². The van der Waals surface area contributed by atoms with Crippen molar-refractivity contribution in [3.63, 3.8) is 0 Å². The van der Waals surface area contributed by atoms with Gasteiger partial charge in [-0.1, -0.05) is 42.4 Å². The number of carbonyl (C=O) groups is 1. The van der Waals surface area contributed by atoms with Gasteiger partial charge in [0.15, 0.2) is 5.83 Å². The molecule has 2 saturated heterocycles. The number of aromatic nitrogens is 2. The predicted molar refractivity (Wildman–Crippen MR) is 168 cm³/mol. The van der Waals surface area contributed by atoms with Crippen LogP contribution in [0.2, 0.25) is 5.02 Å². The van der Waals surface area contributed by atoms with Gasteiger partial charge >= 0.3 is 6.01 Å². The fourth-order valence-corrected chi connectivity index (χ4v) is 6.61. The van der Waals surface area contributed by atoms with Crippen LogP contribution in [0.5, 0.6) is 6.01 Å². The minimum atomic E-state index is -1.02. The Labute approximate surface area is 261 Å². The van der Waals surface area contributed by atoms with Crippen molar-refractivity contribution in [2.24, 2.45) is 0 Å². The molecule has 3 aromatic rings. The van der Waals surface area contributed by atoms with Gasteiger partial charge in [0, 0.05) is 55.9 Å². The summed E-state index contributed by atoms with van der Waals surface area (Å²) in [5.41, 5.74) is 2.89. The van der Waals surface area contributed by atoms with Gasteiger partial charge in [-0.15, -0.1) is 0 Å². The molecule has 0 bridgehead atoms. The van der Waals surface area contributed by atoms with Crippen molar-refractivity contribution in [2.45, 2.75) is 25.1 Å². The Hall–Kier alpha value is -3.98. The summed E-state index contributed by atoms with van der Waals surface area (Å²) in [4.78, 5) is 33.8. The molecule has 44 heavy (non-hydrogen) atoms. The first-order chi connectivity index (χ1) is 21.3. The highest BCUT2D eigenvalue weighted by Gasteiger charge is 2.36. The van der Waals surface area contributed by atoms with Gasteiger partial charge in [-0.05, 0) is 31.0 Å². The van der Waals surface area contributed by atoms with Crippen LogP contribution >= 0.6 is 11.6 Å². The van der Waals surface area contributed by atoms with Crippen LogP contribution in [-0.2, 0) is 22.5 Å². The standard InChI is InChI=1S/C32H35ClFN7O3/c1-21(34)31(42)41-13-12-40(17-23(41)16-35-2)30-25-10-11-39(28-9-5-7-22-6-4-8-26(33)29(22)28)19-27(25)36-32(37-30)44-20-24-18-38(3)14-15-43-24/h4-9,23-24H,1,10-20H2,3H3/t23-,24?/m0/s1. The Bertz CT molecular complexity index is 1610. The van der Waals surface area contributed by atoms with Crippen LogP contribution in [0.15, 0.2) is 48.8 Å². The van der Waals surface area contributed by atoms with Gasteiger partial charge in [0.25, 0.3) is 5.91 Å². The highest BCUT2D eigenvalue weighted by Crippen LogP contribution is 2.37. The van der Waals surface area contributed by atoms with Gasteiger partial charge in [0.1, 0.15) is 24.6 Å². The van der Waals surface area contributed by atoms with E-state index in [0.717, 1.165) is 53.2 Å². The number of fused-ring (bicyclic) bond motifs is 2. The summed E-state index contributed by atoms with van der Waals surface area (Å²) in [5.74, 6) is -1.06. The Morgan fingerprint density at radius 2 is 1.98 bits per heavy atom. The number of carbonyl (C=O) groups excluding carboxylic acids is 1. The van der Waals surface area contributed by atoms with Crippen molar-refractivity contribution in [2.75, 3.05) is 75.9 Å². The number of likely N-dealkylation sites (N-methyl/N-ethyl adjacent to an activating group) is 1. The molecule has 0 saturated carbocycles. The van der Waals surface area contributed by atoms with Gasteiger partial charge in [-0.2, -0.15) is 9.97 Å². The summed E-state index contributed by atoms with van der Waals surface area (Å²) < 4.78 is 25.9. The number of hydrogen-bond donors (Lipinski definition) is 0. The van der Waals surface area contributed by atoms with Crippen molar-refractivity contribution in [3.8, 4) is 6.01 Å². The number of hydrogen-bond acceptors (Lipinski definition) is 8. The number of rotatable bonds is 7. The fourth-order valence-electron chi connectivity index (χ4n) is 6.33. The summed E-state index contributed by atoms with van der Waals surface area (Å²) in [7, 11) is 2.05. The van der Waals surface area contributed by atoms with E-state index >= 15 is 0 Å². The Morgan fingerprint density at radius 1 is 1.16 bits per heavy atom. The zero-order chi connectivity index (χ0) is 30.8. The van der Waals surface area contributed by atoms with Crippen molar-refractivity contribution in [1.29, 1.82) is 0 Å². The number of morpholine rings is 1. The van der Waals surface area contributed by atoms with Crippen molar-refractivity contribution in [1.82, 2.24) is 19.8 Å². The molecule has 3 aliphatic heterocycles. The second kappa shape index (κ2) is 12.9. The zero-order valence-electron chi connectivity index (χ0n) is 24.7. The molecule has 2 aromatic carbocycles. The number of nitrogens with zero attached hydrogens (tertiary/aromatic N) is 7. The third-order valence-electron chi connectivity index (χ3n) is 8.51. The number of anilines is 2. The normalized spacial score (nSPS) is 20.7. The van der Waals surface area contributed by atoms with E-state index in [0.29, 0.717) is 44.3 Å². The lowest BCUT2D eigenvalue weighted by molar-refractivity contribution is -0.131. The molecule has 4 heterocycles. The third kappa shape index (κ3) is 6.15. The van der Waals surface area contributed by atoms with E-state index in [-0.39, 0.29) is 25.2 Å². The molecule has 0 N–H and O–H groups in total. The van der Waals surface area contributed by atoms with Crippen LogP contribution in [0.1, 0.15) is 11.3 Å². The lowest BCUT2D eigenvalue weighted by Crippen LogP contribution is -2.57. The molecule has 10 nitrogen and oxygen atoms in total. The smallest absolute Gasteiger partial charge is 0.318 e. The van der Waals surface area contributed by atoms with Crippen LogP contribution in [0, 0.1) is 6.57 Å². The Morgan fingerprint density at radius 3 is 2.75 bits per heavy atom. The monoisotopic (exact) mass is 619 g/mol. The molecule has 1 aromatic heterocycles. The maximum absolute atomic E-state index is 13.8. The summed E-state index contributed by atoms with van der Waals surface area (Å²) in [6, 6.07) is 11.9. The average molecular weight is 620 g/mol. The third-order valence-corrected chi connectivity index (χ3v) is 8.83. The molecule has 0 radical (unpaired) electrons. The largest absolute Gasteiger partial charge is 0.461 e. The molecule has 3 aliphatic rings. The fraction of sp³-hybridized carbons (Fsp3) is 0.438. The van der Waals surface area contributed by atoms with Crippen LogP contribution in [0.4, 0.5) is 15.9 Å². The molecule has 0 spiro atoms. The van der Waals surface area contributed by atoms with Gasteiger partial charge in [0.05, 0.1) is 23.9 Å². The Balaban J connectivity index is 1.33. The summed E-state index contributed by atoms with van der Waals surface area (Å²) >= 11 is 6.68. The first-order valence-corrected chi connectivity index (χ1v) is 15.2. The quantitative estimate of drug-likeness (QED) is 0.290. The van der Waals surface area contributed by atoms with E-state index in [4.69, 9.17) is 37.6 Å². The first kappa shape index (κ1) is 30.1. The first-order valence-electron chi connectivity index (χ1n) is 14.8. The molecule has 230 valence electrons. The maximum atomic E-state index is 13.8. The van der Waals surface area contributed by atoms with Crippen molar-refractivity contribution < 1.29 is 18.7 Å². The highest BCUT2D eigenvalue weighted by molar-refractivity contribution is 6.36. The maximum Gasteiger partial charge on any atom is 0.318 e. The lowest BCUT2D eigenvalue weighted by Gasteiger charge is -2.41. The minimum absolute atomic E-state index is 0.0499. The number of halogens is 2. The van der Waals surface area contributed by atoms with Crippen LogP contribution in [-0.4, -0.2) is 104 Å². The van der Waals surface area contributed by atoms with Crippen LogP contribution < -0.4 is 14.5 Å². The molecule has 12 heteroatoms. The van der Waals surface area contributed by atoms with Gasteiger partial charge in [-0.3, -0.25) is 4.79 Å². The second-order valence-electron chi connectivity index (χ2n) is 11.5. The van der Waals surface area contributed by atoms with Crippen molar-refractivity contribution >= 4 is 39.8 Å². The molecule has 2 atom stereocenters. The summed E-state index contributed by atoms with van der Waals surface area (Å²) in [5, 5.41) is 2.77. The summed E-state index contributed by atoms with van der Waals surface area (Å²) in [6.45, 7) is 15.5. The second-order valence-corrected chi connectivity index (χ2v) is 11.9. The minimum Gasteiger partial charge on any atom is -0.461 e. The number of ether oxygens (including phenoxy) is 2. The zero-order valence-corrected chi connectivity index (χ0v) is 25.5. The molecular formula is C32H35ClFN7O3. The number of piperazine rings is 1. The van der Waals surface area contributed by atoms with Crippen LogP contribution in [0.25, 0.3) is 15.6 Å². The van der Waals surface area contributed by atoms with Gasteiger partial charge < -0.3 is 33.9 Å². The van der Waals surface area contributed by atoms with Gasteiger partial charge in [-0.25, -0.2) is 11.0 Å². The van der Waals surface area contributed by atoms with E-state index in [1.165, 1.54) is 4.90 Å². The highest BCUT2D eigenvalue weighted by atomic mass is 35.5. The predicted octanol–water partition coefficient (Wildman–Crippen LogP) is 3.97. The molecule has 1 unspecified atom stereocenters. The molecule has 1 amide bonds. The van der Waals surface area contributed by atoms with E-state index in [1.807, 2.05) is 18.2 Å². The number of benzene rings is 2. The molecule has 2 fully saturated rings. The number of amides is 1. The van der Waals surface area contributed by atoms with Crippen molar-refractivity contribution in [3.05, 3.63) is 76.5 Å². The van der Waals surface area contributed by atoms with E-state index < -0.39 is 17.8 Å². The average Bonchev–Trinajstić information content (AvgIpc) is 3.03. The van der Waals surface area contributed by atoms with E-state index in [1.54, 1.807) is 0 Å². The Kier molecular flexibility index (Phi) is 8.84. The molecule has 0 aliphatic carbocycles. The molecular weight excluding hydrogens is 585 g/mol. The summed E-state index contributed by atoms with van der Waals surface area (Å²) in [6.07, 6.45) is 0.577.